The molecular formula is C23H21F4N5O2. The molecule has 7 nitrogen and oxygen atoms in total. The van der Waals surface area contributed by atoms with Crippen molar-refractivity contribution in [2.75, 3.05) is 18.4 Å². The molecule has 1 fully saturated rings. The van der Waals surface area contributed by atoms with Crippen LogP contribution in [0.4, 0.5) is 23.2 Å². The lowest BCUT2D eigenvalue weighted by atomic mass is 10.1. The summed E-state index contributed by atoms with van der Waals surface area (Å²) in [6.45, 7) is 1.36. The fourth-order valence-corrected chi connectivity index (χ4v) is 3.79. The van der Waals surface area contributed by atoms with E-state index in [2.05, 4.69) is 15.6 Å². The molecule has 178 valence electrons. The van der Waals surface area contributed by atoms with Crippen molar-refractivity contribution >= 4 is 17.5 Å². The lowest BCUT2D eigenvalue weighted by Crippen LogP contribution is -2.31. The summed E-state index contributed by atoms with van der Waals surface area (Å²) >= 11 is 0. The van der Waals surface area contributed by atoms with E-state index in [1.54, 1.807) is 4.90 Å². The van der Waals surface area contributed by atoms with Gasteiger partial charge in [-0.05, 0) is 61.4 Å². The molecule has 0 bridgehead atoms. The Morgan fingerprint density at radius 3 is 2.09 bits per heavy atom. The highest BCUT2D eigenvalue weighted by Crippen LogP contribution is 2.33. The first-order valence-electron chi connectivity index (χ1n) is 10.7. The number of halogens is 4. The molecule has 1 saturated heterocycles. The molecule has 1 aliphatic heterocycles. The molecule has 0 atom stereocenters. The molecule has 11 heteroatoms. The predicted molar refractivity (Wildman–Crippen MR) is 115 cm³/mol. The van der Waals surface area contributed by atoms with E-state index in [0.717, 1.165) is 49.9 Å². The lowest BCUT2D eigenvalue weighted by Gasteiger charge is -2.20. The van der Waals surface area contributed by atoms with Gasteiger partial charge < -0.3 is 10.2 Å². The minimum absolute atomic E-state index is 0.100. The van der Waals surface area contributed by atoms with Crippen molar-refractivity contribution in [1.82, 2.24) is 19.9 Å². The number of aromatic nitrogens is 3. The zero-order valence-electron chi connectivity index (χ0n) is 18.0. The quantitative estimate of drug-likeness (QED) is 0.555. The highest BCUT2D eigenvalue weighted by Gasteiger charge is 2.42. The molecule has 2 heterocycles. The molecule has 0 saturated carbocycles. The Hall–Kier alpha value is -3.76. The van der Waals surface area contributed by atoms with Crippen molar-refractivity contribution in [3.05, 3.63) is 71.3 Å². The zero-order valence-corrected chi connectivity index (χ0v) is 18.0. The van der Waals surface area contributed by atoms with E-state index in [-0.39, 0.29) is 17.3 Å². The van der Waals surface area contributed by atoms with Crippen LogP contribution in [0.2, 0.25) is 0 Å². The van der Waals surface area contributed by atoms with Crippen LogP contribution in [0.15, 0.2) is 48.5 Å². The Bertz CT molecular complexity index is 1170. The Morgan fingerprint density at radius 2 is 1.50 bits per heavy atom. The van der Waals surface area contributed by atoms with Crippen LogP contribution in [-0.2, 0) is 6.18 Å². The minimum Gasteiger partial charge on any atom is -0.339 e. The van der Waals surface area contributed by atoms with Gasteiger partial charge in [-0.2, -0.15) is 13.2 Å². The maximum Gasteiger partial charge on any atom is 0.435 e. The highest BCUT2D eigenvalue weighted by molar-refractivity contribution is 6.04. The van der Waals surface area contributed by atoms with Crippen LogP contribution in [0, 0.1) is 5.82 Å². The third-order valence-electron chi connectivity index (χ3n) is 5.51. The second-order valence-electron chi connectivity index (χ2n) is 7.91. The lowest BCUT2D eigenvalue weighted by molar-refractivity contribution is -0.143. The molecule has 2 amide bonds. The average Bonchev–Trinajstić information content (AvgIpc) is 3.09. The Balaban J connectivity index is 1.53. The summed E-state index contributed by atoms with van der Waals surface area (Å²) in [6.07, 6.45) is -0.894. The first-order chi connectivity index (χ1) is 16.2. The van der Waals surface area contributed by atoms with E-state index in [1.807, 2.05) is 0 Å². The molecule has 1 N–H and O–H groups in total. The number of alkyl halides is 3. The van der Waals surface area contributed by atoms with Gasteiger partial charge in [0.1, 0.15) is 5.82 Å². The number of carbonyl (C=O) groups excluding carboxylic acids is 2. The molecular weight excluding hydrogens is 454 g/mol. The van der Waals surface area contributed by atoms with Gasteiger partial charge in [-0.25, -0.2) is 9.07 Å². The van der Waals surface area contributed by atoms with E-state index in [9.17, 15) is 27.2 Å². The van der Waals surface area contributed by atoms with Crippen LogP contribution in [-0.4, -0.2) is 44.8 Å². The van der Waals surface area contributed by atoms with E-state index < -0.39 is 29.3 Å². The van der Waals surface area contributed by atoms with Gasteiger partial charge in [-0.15, -0.1) is 5.10 Å². The van der Waals surface area contributed by atoms with Crippen LogP contribution in [0.5, 0.6) is 0 Å². The number of likely N-dealkylation sites (tertiary alicyclic amines) is 1. The molecule has 2 aromatic carbocycles. The Morgan fingerprint density at radius 1 is 0.882 bits per heavy atom. The molecule has 0 unspecified atom stereocenters. The fourth-order valence-electron chi connectivity index (χ4n) is 3.79. The summed E-state index contributed by atoms with van der Waals surface area (Å²) in [5.74, 6) is -1.87. The summed E-state index contributed by atoms with van der Waals surface area (Å²) in [4.78, 5) is 27.1. The number of nitrogens with one attached hydrogen (secondary N) is 1. The number of rotatable bonds is 4. The minimum atomic E-state index is -4.95. The number of amides is 2. The van der Waals surface area contributed by atoms with Crippen molar-refractivity contribution in [3.8, 4) is 5.69 Å². The first kappa shape index (κ1) is 23.4. The molecule has 0 radical (unpaired) electrons. The van der Waals surface area contributed by atoms with E-state index >= 15 is 0 Å². The van der Waals surface area contributed by atoms with E-state index in [1.165, 1.54) is 24.3 Å². The molecule has 1 aliphatic rings. The maximum atomic E-state index is 13.8. The second kappa shape index (κ2) is 9.62. The van der Waals surface area contributed by atoms with Gasteiger partial charge in [-0.3, -0.25) is 9.59 Å². The monoisotopic (exact) mass is 475 g/mol. The Kier molecular flexibility index (Phi) is 6.62. The van der Waals surface area contributed by atoms with Crippen molar-refractivity contribution in [3.63, 3.8) is 0 Å². The number of anilines is 1. The molecule has 1 aromatic heterocycles. The molecule has 34 heavy (non-hydrogen) atoms. The summed E-state index contributed by atoms with van der Waals surface area (Å²) in [5, 5.41) is 9.24. The third-order valence-corrected chi connectivity index (χ3v) is 5.51. The number of hydrogen-bond acceptors (Lipinski definition) is 4. The van der Waals surface area contributed by atoms with Crippen molar-refractivity contribution in [1.29, 1.82) is 0 Å². The summed E-state index contributed by atoms with van der Waals surface area (Å²) in [7, 11) is 0. The van der Waals surface area contributed by atoms with E-state index in [0.29, 0.717) is 23.3 Å². The average molecular weight is 475 g/mol. The SMILES string of the molecule is O=C(Nc1ccc(C(=O)N2CCCCCC2)cc1)c1nnn(-c2ccc(F)cc2)c1C(F)(F)F. The predicted octanol–water partition coefficient (Wildman–Crippen LogP) is 4.69. The first-order valence-corrected chi connectivity index (χ1v) is 10.7. The number of hydrogen-bond donors (Lipinski definition) is 1. The molecule has 3 aromatic rings. The van der Waals surface area contributed by atoms with Crippen molar-refractivity contribution < 1.29 is 27.2 Å². The van der Waals surface area contributed by atoms with Crippen LogP contribution >= 0.6 is 0 Å². The molecule has 4 rings (SSSR count). The summed E-state index contributed by atoms with van der Waals surface area (Å²) in [6, 6.07) is 10.1. The van der Waals surface area contributed by atoms with E-state index in [4.69, 9.17) is 0 Å². The number of carbonyl (C=O) groups is 2. The summed E-state index contributed by atoms with van der Waals surface area (Å²) in [5.41, 5.74) is -1.79. The van der Waals surface area contributed by atoms with Gasteiger partial charge in [0, 0.05) is 24.3 Å². The molecule has 0 aliphatic carbocycles. The van der Waals surface area contributed by atoms with Gasteiger partial charge in [-0.1, -0.05) is 18.1 Å². The smallest absolute Gasteiger partial charge is 0.339 e. The topological polar surface area (TPSA) is 80.1 Å². The van der Waals surface area contributed by atoms with Crippen LogP contribution in [0.25, 0.3) is 5.69 Å². The Labute approximate surface area is 192 Å². The van der Waals surface area contributed by atoms with Gasteiger partial charge >= 0.3 is 6.18 Å². The fraction of sp³-hybridized carbons (Fsp3) is 0.304. The zero-order chi connectivity index (χ0) is 24.3. The maximum absolute atomic E-state index is 13.8. The number of benzene rings is 2. The van der Waals surface area contributed by atoms with Gasteiger partial charge in [0.2, 0.25) is 0 Å². The second-order valence-corrected chi connectivity index (χ2v) is 7.91. The van der Waals surface area contributed by atoms with Gasteiger partial charge in [0.25, 0.3) is 11.8 Å². The van der Waals surface area contributed by atoms with Gasteiger partial charge in [0.15, 0.2) is 11.4 Å². The standard InChI is InChI=1S/C23H21F4N5O2/c24-16-7-11-18(12-8-16)32-20(23(25,26)27)19(29-30-32)21(33)28-17-9-5-15(6-10-17)22(34)31-13-3-1-2-4-14-31/h5-12H,1-4,13-14H2,(H,28,33). The summed E-state index contributed by atoms with van der Waals surface area (Å²) < 4.78 is 54.9. The van der Waals surface area contributed by atoms with Crippen molar-refractivity contribution in [2.24, 2.45) is 0 Å². The normalized spacial score (nSPS) is 14.5. The third kappa shape index (κ3) is 5.08. The highest BCUT2D eigenvalue weighted by atomic mass is 19.4. The van der Waals surface area contributed by atoms with Gasteiger partial charge in [0.05, 0.1) is 5.69 Å². The van der Waals surface area contributed by atoms with Crippen LogP contribution in [0.1, 0.15) is 52.2 Å². The van der Waals surface area contributed by atoms with Crippen LogP contribution < -0.4 is 5.32 Å². The van der Waals surface area contributed by atoms with Crippen molar-refractivity contribution in [2.45, 2.75) is 31.9 Å². The van der Waals surface area contributed by atoms with Crippen LogP contribution in [0.3, 0.4) is 0 Å². The molecule has 0 spiro atoms. The largest absolute Gasteiger partial charge is 0.435 e. The number of nitrogens with zero attached hydrogens (tertiary/aromatic N) is 4.